The van der Waals surface area contributed by atoms with Crippen molar-refractivity contribution in [3.8, 4) is 11.3 Å². The molecule has 1 aromatic heterocycles. The number of halogens is 2. The van der Waals surface area contributed by atoms with E-state index in [2.05, 4.69) is 43.3 Å². The van der Waals surface area contributed by atoms with E-state index in [0.717, 1.165) is 67.1 Å². The second-order valence-corrected chi connectivity index (χ2v) is 11.6. The number of nitrogens with zero attached hydrogens (tertiary/aromatic N) is 2. The molecule has 0 spiro atoms. The molecule has 2 nitrogen and oxygen atoms in total. The van der Waals surface area contributed by atoms with Crippen LogP contribution < -0.4 is 0 Å². The number of rotatable bonds is 7. The first-order valence-corrected chi connectivity index (χ1v) is 15.6. The minimum absolute atomic E-state index is 0.471. The Labute approximate surface area is 263 Å². The van der Waals surface area contributed by atoms with Crippen LogP contribution in [0.1, 0.15) is 48.2 Å². The Hall–Kier alpha value is -5.03. The highest BCUT2D eigenvalue weighted by molar-refractivity contribution is 6.42. The Morgan fingerprint density at radius 2 is 1.31 bits per heavy atom. The van der Waals surface area contributed by atoms with Gasteiger partial charge in [0, 0.05) is 28.1 Å². The fourth-order valence-corrected chi connectivity index (χ4v) is 6.65. The lowest BCUT2D eigenvalue weighted by Gasteiger charge is -2.17. The zero-order valence-electron chi connectivity index (χ0n) is 25.7. The van der Waals surface area contributed by atoms with Crippen LogP contribution in [0.5, 0.6) is 0 Å². The van der Waals surface area contributed by atoms with Crippen molar-refractivity contribution >= 4 is 40.2 Å². The van der Waals surface area contributed by atoms with E-state index in [4.69, 9.17) is 4.99 Å². The third-order valence-electron chi connectivity index (χ3n) is 8.86. The minimum Gasteiger partial charge on any atom is -0.324 e. The standard InChI is InChI=1S/C40H33BF2N2/c1-4-27-24-36(44-39(27)34-18-10-14-29-12-6-8-16-32(29)34)38(31-22-20-26(3)21-23-31)37-25-28(5-2)40(45(37)41(42)43)35-19-11-15-30-13-7-9-17-33(30)35/h6-25H,4-5H2,1-3H3/b38-36-. The fraction of sp³-hybridized carbons (Fsp3) is 0.125. The summed E-state index contributed by atoms with van der Waals surface area (Å²) in [4.78, 5) is 5.27. The van der Waals surface area contributed by atoms with Crippen LogP contribution in [0.3, 0.4) is 0 Å². The zero-order chi connectivity index (χ0) is 31.1. The van der Waals surface area contributed by atoms with E-state index in [1.165, 1.54) is 4.48 Å². The summed E-state index contributed by atoms with van der Waals surface area (Å²) in [6, 6.07) is 38.6. The second kappa shape index (κ2) is 11.8. The topological polar surface area (TPSA) is 17.3 Å². The van der Waals surface area contributed by atoms with Crippen molar-refractivity contribution in [2.75, 3.05) is 0 Å². The summed E-state index contributed by atoms with van der Waals surface area (Å²) >= 11 is 0. The van der Waals surface area contributed by atoms with Gasteiger partial charge in [-0.15, -0.1) is 0 Å². The molecule has 0 bridgehead atoms. The van der Waals surface area contributed by atoms with E-state index in [1.807, 2.05) is 98.8 Å². The summed E-state index contributed by atoms with van der Waals surface area (Å²) in [5, 5.41) is 4.24. The van der Waals surface area contributed by atoms with E-state index in [1.54, 1.807) is 0 Å². The summed E-state index contributed by atoms with van der Waals surface area (Å²) in [5.74, 6) is 0. The van der Waals surface area contributed by atoms with Crippen molar-refractivity contribution in [3.05, 3.63) is 161 Å². The molecule has 5 heteroatoms. The van der Waals surface area contributed by atoms with Gasteiger partial charge in [0.25, 0.3) is 0 Å². The predicted molar refractivity (Wildman–Crippen MR) is 186 cm³/mol. The number of fused-ring (bicyclic) bond motifs is 2. The molecule has 0 atom stereocenters. The molecule has 220 valence electrons. The molecule has 2 heterocycles. The highest BCUT2D eigenvalue weighted by Gasteiger charge is 2.31. The smallest absolute Gasteiger partial charge is 0.324 e. The fourth-order valence-electron chi connectivity index (χ4n) is 6.65. The molecule has 0 unspecified atom stereocenters. The molecule has 1 aliphatic rings. The monoisotopic (exact) mass is 590 g/mol. The van der Waals surface area contributed by atoms with Gasteiger partial charge in [-0.3, -0.25) is 8.63 Å². The summed E-state index contributed by atoms with van der Waals surface area (Å²) in [6.07, 6.45) is 3.48. The van der Waals surface area contributed by atoms with Crippen molar-refractivity contribution < 1.29 is 8.63 Å². The Bertz CT molecular complexity index is 2160. The number of hydrogen-bond donors (Lipinski definition) is 0. The van der Waals surface area contributed by atoms with Gasteiger partial charge in [0.1, 0.15) is 0 Å². The number of allylic oxidation sites excluding steroid dienone is 2. The molecule has 0 saturated heterocycles. The maximum Gasteiger partial charge on any atom is 0.678 e. The molecule has 45 heavy (non-hydrogen) atoms. The molecule has 0 amide bonds. The van der Waals surface area contributed by atoms with Crippen LogP contribution in [-0.2, 0) is 6.42 Å². The summed E-state index contributed by atoms with van der Waals surface area (Å²) < 4.78 is 32.2. The summed E-state index contributed by atoms with van der Waals surface area (Å²) in [6.45, 7) is 6.19. The number of aromatic nitrogens is 1. The van der Waals surface area contributed by atoms with Gasteiger partial charge in [-0.1, -0.05) is 129 Å². The molecule has 0 saturated carbocycles. The highest BCUT2D eigenvalue weighted by Crippen LogP contribution is 2.41. The van der Waals surface area contributed by atoms with E-state index in [-0.39, 0.29) is 0 Å². The first-order chi connectivity index (χ1) is 22.0. The Kier molecular flexibility index (Phi) is 7.54. The lowest BCUT2D eigenvalue weighted by molar-refractivity contribution is 0.629. The van der Waals surface area contributed by atoms with Gasteiger partial charge in [0.2, 0.25) is 0 Å². The summed E-state index contributed by atoms with van der Waals surface area (Å²) in [7, 11) is -2.76. The van der Waals surface area contributed by atoms with Crippen LogP contribution >= 0.6 is 0 Å². The maximum absolute atomic E-state index is 15.5. The van der Waals surface area contributed by atoms with Crippen molar-refractivity contribution in [3.63, 3.8) is 0 Å². The quantitative estimate of drug-likeness (QED) is 0.165. The van der Waals surface area contributed by atoms with E-state index in [0.29, 0.717) is 29.1 Å². The predicted octanol–water partition coefficient (Wildman–Crippen LogP) is 10.7. The van der Waals surface area contributed by atoms with Gasteiger partial charge < -0.3 is 4.48 Å². The molecule has 0 radical (unpaired) electrons. The SMILES string of the molecule is CCC1=C/C(=C(\c2ccc(C)cc2)c2cc(CC)c(-c3cccc4ccccc34)n2B(F)F)N=C1c1cccc2ccccc12. The summed E-state index contributed by atoms with van der Waals surface area (Å²) in [5.41, 5.74) is 9.12. The van der Waals surface area contributed by atoms with Gasteiger partial charge in [-0.25, -0.2) is 4.99 Å². The van der Waals surface area contributed by atoms with Crippen molar-refractivity contribution in [1.29, 1.82) is 0 Å². The average molecular weight is 591 g/mol. The molecule has 0 aliphatic carbocycles. The molecule has 1 aliphatic heterocycles. The van der Waals surface area contributed by atoms with Gasteiger partial charge in [0.05, 0.1) is 11.4 Å². The van der Waals surface area contributed by atoms with Crippen LogP contribution in [0.15, 0.2) is 138 Å². The van der Waals surface area contributed by atoms with Crippen LogP contribution in [0.2, 0.25) is 0 Å². The van der Waals surface area contributed by atoms with Gasteiger partial charge >= 0.3 is 7.40 Å². The first kappa shape index (κ1) is 28.7. The molecular formula is C40H33BF2N2. The molecule has 0 N–H and O–H groups in total. The van der Waals surface area contributed by atoms with Crippen LogP contribution in [0, 0.1) is 6.92 Å². The Morgan fingerprint density at radius 1 is 0.711 bits per heavy atom. The normalized spacial score (nSPS) is 14.2. The van der Waals surface area contributed by atoms with Crippen LogP contribution in [-0.4, -0.2) is 17.6 Å². The molecule has 7 rings (SSSR count). The highest BCUT2D eigenvalue weighted by atomic mass is 19.2. The Morgan fingerprint density at radius 3 is 1.93 bits per heavy atom. The van der Waals surface area contributed by atoms with Crippen molar-refractivity contribution in [2.45, 2.75) is 33.6 Å². The van der Waals surface area contributed by atoms with Crippen LogP contribution in [0.4, 0.5) is 8.63 Å². The lowest BCUT2D eigenvalue weighted by Crippen LogP contribution is -2.18. The molecule has 0 fully saturated rings. The third-order valence-corrected chi connectivity index (χ3v) is 8.86. The van der Waals surface area contributed by atoms with E-state index >= 15 is 8.63 Å². The minimum atomic E-state index is -2.76. The number of aliphatic imine (C=N–C) groups is 1. The largest absolute Gasteiger partial charge is 0.678 e. The van der Waals surface area contributed by atoms with Gasteiger partial charge in [-0.2, -0.15) is 0 Å². The molecule has 6 aromatic rings. The Balaban J connectivity index is 1.54. The third kappa shape index (κ3) is 5.03. The van der Waals surface area contributed by atoms with Gasteiger partial charge in [0.15, 0.2) is 0 Å². The zero-order valence-corrected chi connectivity index (χ0v) is 25.7. The van der Waals surface area contributed by atoms with Crippen LogP contribution in [0.25, 0.3) is 38.4 Å². The number of hydrogen-bond acceptors (Lipinski definition) is 1. The van der Waals surface area contributed by atoms with Crippen molar-refractivity contribution in [2.24, 2.45) is 4.99 Å². The lowest BCUT2D eigenvalue weighted by atomic mass is 9.95. The van der Waals surface area contributed by atoms with Gasteiger partial charge in [-0.05, 0) is 70.2 Å². The average Bonchev–Trinajstić information content (AvgIpc) is 3.67. The van der Waals surface area contributed by atoms with Crippen molar-refractivity contribution in [1.82, 2.24) is 4.48 Å². The molecule has 5 aromatic carbocycles. The maximum atomic E-state index is 15.5. The molecular weight excluding hydrogens is 557 g/mol. The number of benzene rings is 5. The number of aryl methyl sites for hydroxylation is 2. The van der Waals surface area contributed by atoms with E-state index < -0.39 is 7.40 Å². The first-order valence-electron chi connectivity index (χ1n) is 15.6. The van der Waals surface area contributed by atoms with E-state index in [9.17, 15) is 0 Å². The second-order valence-electron chi connectivity index (χ2n) is 11.6.